The van der Waals surface area contributed by atoms with Crippen molar-refractivity contribution in [2.45, 2.75) is 24.5 Å². The molecule has 0 radical (unpaired) electrons. The molecule has 0 heterocycles. The van der Waals surface area contributed by atoms with Crippen molar-refractivity contribution in [1.82, 2.24) is 10.0 Å². The van der Waals surface area contributed by atoms with Crippen LogP contribution >= 0.6 is 0 Å². The van der Waals surface area contributed by atoms with Crippen LogP contribution in [0.15, 0.2) is 83.8 Å². The van der Waals surface area contributed by atoms with Gasteiger partial charge in [0.1, 0.15) is 5.75 Å². The smallest absolute Gasteiger partial charge is 0.261 e. The van der Waals surface area contributed by atoms with Crippen LogP contribution in [0.2, 0.25) is 0 Å². The normalized spacial score (nSPS) is 12.2. The predicted octanol–water partition coefficient (Wildman–Crippen LogP) is 3.35. The highest BCUT2D eigenvalue weighted by Gasteiger charge is 2.15. The van der Waals surface area contributed by atoms with Gasteiger partial charge in [-0.05, 0) is 54.9 Å². The summed E-state index contributed by atoms with van der Waals surface area (Å²) in [6.07, 6.45) is -0.670. The summed E-state index contributed by atoms with van der Waals surface area (Å²) in [6.45, 7) is 1.96. The average molecular weight is 425 g/mol. The van der Waals surface area contributed by atoms with Crippen LogP contribution in [-0.2, 0) is 21.4 Å². The average Bonchev–Trinajstić information content (AvgIpc) is 2.78. The Balaban J connectivity index is 1.53. The van der Waals surface area contributed by atoms with Crippen LogP contribution in [0.1, 0.15) is 12.5 Å². The third kappa shape index (κ3) is 5.46. The highest BCUT2D eigenvalue weighted by atomic mass is 32.2. The van der Waals surface area contributed by atoms with Gasteiger partial charge in [0.15, 0.2) is 6.10 Å². The van der Waals surface area contributed by atoms with Crippen molar-refractivity contribution >= 4 is 15.9 Å². The fraction of sp³-hybridized carbons (Fsp3) is 0.174. The van der Waals surface area contributed by atoms with Crippen LogP contribution < -0.4 is 14.8 Å². The van der Waals surface area contributed by atoms with Crippen LogP contribution in [0.3, 0.4) is 0 Å². The van der Waals surface area contributed by atoms with Gasteiger partial charge >= 0.3 is 0 Å². The predicted molar refractivity (Wildman–Crippen MR) is 117 cm³/mol. The molecule has 0 bridgehead atoms. The monoisotopic (exact) mass is 424 g/mol. The zero-order chi connectivity index (χ0) is 21.6. The first-order chi connectivity index (χ1) is 14.4. The Morgan fingerprint density at radius 1 is 0.900 bits per heavy atom. The highest BCUT2D eigenvalue weighted by Crippen LogP contribution is 2.22. The van der Waals surface area contributed by atoms with Gasteiger partial charge in [0, 0.05) is 6.54 Å². The van der Waals surface area contributed by atoms with E-state index < -0.39 is 16.1 Å². The van der Waals surface area contributed by atoms with Gasteiger partial charge in [0.05, 0.1) is 4.90 Å². The van der Waals surface area contributed by atoms with E-state index in [0.29, 0.717) is 5.75 Å². The van der Waals surface area contributed by atoms with Crippen LogP contribution in [0.25, 0.3) is 11.1 Å². The molecule has 30 heavy (non-hydrogen) atoms. The molecule has 0 unspecified atom stereocenters. The number of carbonyl (C=O) groups excluding carboxylic acids is 1. The Labute approximate surface area is 177 Å². The molecule has 0 spiro atoms. The number of hydrogen-bond acceptors (Lipinski definition) is 4. The Morgan fingerprint density at radius 3 is 2.10 bits per heavy atom. The number of ether oxygens (including phenoxy) is 1. The molecule has 0 fully saturated rings. The highest BCUT2D eigenvalue weighted by molar-refractivity contribution is 7.89. The SMILES string of the molecule is CNS(=O)(=O)c1ccc(CNC(=O)[C@H](C)Oc2ccc(-c3ccccc3)cc2)cc1. The third-order valence-corrected chi connectivity index (χ3v) is 6.04. The molecule has 0 aromatic heterocycles. The van der Waals surface area contributed by atoms with E-state index in [2.05, 4.69) is 10.0 Å². The zero-order valence-corrected chi connectivity index (χ0v) is 17.6. The zero-order valence-electron chi connectivity index (χ0n) is 16.8. The van der Waals surface area contributed by atoms with E-state index in [1.54, 1.807) is 19.1 Å². The van der Waals surface area contributed by atoms with Crippen LogP contribution in [0, 0.1) is 0 Å². The molecule has 3 aromatic carbocycles. The Kier molecular flexibility index (Phi) is 6.87. The molecular weight excluding hydrogens is 400 g/mol. The van der Waals surface area contributed by atoms with Crippen molar-refractivity contribution in [2.24, 2.45) is 0 Å². The van der Waals surface area contributed by atoms with Gasteiger partial charge in [-0.3, -0.25) is 4.79 Å². The second kappa shape index (κ2) is 9.56. The maximum absolute atomic E-state index is 12.3. The second-order valence-corrected chi connectivity index (χ2v) is 8.61. The molecule has 0 saturated carbocycles. The minimum atomic E-state index is -3.47. The van der Waals surface area contributed by atoms with Crippen LogP contribution in [-0.4, -0.2) is 27.5 Å². The van der Waals surface area contributed by atoms with Gasteiger partial charge in [-0.25, -0.2) is 13.1 Å². The van der Waals surface area contributed by atoms with Crippen molar-refractivity contribution in [3.63, 3.8) is 0 Å². The van der Waals surface area contributed by atoms with E-state index in [9.17, 15) is 13.2 Å². The topological polar surface area (TPSA) is 84.5 Å². The van der Waals surface area contributed by atoms with Gasteiger partial charge in [-0.1, -0.05) is 54.6 Å². The van der Waals surface area contributed by atoms with Crippen molar-refractivity contribution in [3.05, 3.63) is 84.4 Å². The number of amides is 1. The molecule has 0 aliphatic carbocycles. The number of sulfonamides is 1. The number of benzene rings is 3. The molecule has 156 valence electrons. The standard InChI is InChI=1S/C23H24N2O4S/c1-17(29-21-12-10-20(11-13-21)19-6-4-3-5-7-19)23(26)25-16-18-8-14-22(15-9-18)30(27,28)24-2/h3-15,17,24H,16H2,1-2H3,(H,25,26)/t17-/m0/s1. The van der Waals surface area contributed by atoms with E-state index in [-0.39, 0.29) is 17.3 Å². The lowest BCUT2D eigenvalue weighted by Gasteiger charge is -2.15. The van der Waals surface area contributed by atoms with Crippen molar-refractivity contribution in [2.75, 3.05) is 7.05 Å². The molecule has 0 aliphatic rings. The lowest BCUT2D eigenvalue weighted by molar-refractivity contribution is -0.127. The summed E-state index contributed by atoms with van der Waals surface area (Å²) in [5.74, 6) is 0.355. The molecule has 3 rings (SSSR count). The van der Waals surface area contributed by atoms with Gasteiger partial charge in [-0.15, -0.1) is 0 Å². The van der Waals surface area contributed by atoms with Crippen LogP contribution in [0.4, 0.5) is 0 Å². The maximum atomic E-state index is 12.3. The van der Waals surface area contributed by atoms with Gasteiger partial charge in [-0.2, -0.15) is 0 Å². The van der Waals surface area contributed by atoms with Gasteiger partial charge < -0.3 is 10.1 Å². The lowest BCUT2D eigenvalue weighted by Crippen LogP contribution is -2.35. The van der Waals surface area contributed by atoms with Gasteiger partial charge in [0.25, 0.3) is 5.91 Å². The maximum Gasteiger partial charge on any atom is 0.261 e. The van der Waals surface area contributed by atoms with E-state index in [1.165, 1.54) is 19.2 Å². The minimum Gasteiger partial charge on any atom is -0.481 e. The summed E-state index contributed by atoms with van der Waals surface area (Å²) in [5.41, 5.74) is 2.98. The molecule has 3 aromatic rings. The van der Waals surface area contributed by atoms with Crippen molar-refractivity contribution in [3.8, 4) is 16.9 Å². The van der Waals surface area contributed by atoms with E-state index >= 15 is 0 Å². The largest absolute Gasteiger partial charge is 0.481 e. The molecule has 0 aliphatic heterocycles. The fourth-order valence-corrected chi connectivity index (χ4v) is 3.58. The van der Waals surface area contributed by atoms with E-state index in [0.717, 1.165) is 16.7 Å². The van der Waals surface area contributed by atoms with E-state index in [1.807, 2.05) is 54.6 Å². The first-order valence-electron chi connectivity index (χ1n) is 9.51. The van der Waals surface area contributed by atoms with Crippen molar-refractivity contribution < 1.29 is 17.9 Å². The quantitative estimate of drug-likeness (QED) is 0.581. The minimum absolute atomic E-state index is 0.177. The molecule has 0 saturated heterocycles. The van der Waals surface area contributed by atoms with Crippen LogP contribution in [0.5, 0.6) is 5.75 Å². The molecule has 1 amide bonds. The molecule has 1 atom stereocenters. The third-order valence-electron chi connectivity index (χ3n) is 4.61. The summed E-state index contributed by atoms with van der Waals surface area (Å²) in [4.78, 5) is 12.5. The summed E-state index contributed by atoms with van der Waals surface area (Å²) in [7, 11) is -2.11. The first-order valence-corrected chi connectivity index (χ1v) is 11.0. The summed E-state index contributed by atoms with van der Waals surface area (Å²) in [6, 6.07) is 23.9. The molecule has 6 nitrogen and oxygen atoms in total. The number of nitrogens with one attached hydrogen (secondary N) is 2. The summed E-state index contributed by atoms with van der Waals surface area (Å²) >= 11 is 0. The number of carbonyl (C=O) groups is 1. The molecule has 7 heteroatoms. The number of hydrogen-bond donors (Lipinski definition) is 2. The van der Waals surface area contributed by atoms with Gasteiger partial charge in [0.2, 0.25) is 10.0 Å². The Morgan fingerprint density at radius 2 is 1.50 bits per heavy atom. The van der Waals surface area contributed by atoms with E-state index in [4.69, 9.17) is 4.74 Å². The summed E-state index contributed by atoms with van der Waals surface area (Å²) in [5, 5.41) is 2.80. The Bertz CT molecular complexity index is 1080. The Hall–Kier alpha value is -3.16. The first kappa shape index (κ1) is 21.5. The van der Waals surface area contributed by atoms with Crippen molar-refractivity contribution in [1.29, 1.82) is 0 Å². The summed E-state index contributed by atoms with van der Waals surface area (Å²) < 4.78 is 31.5. The molecular formula is C23H24N2O4S. The fourth-order valence-electron chi connectivity index (χ4n) is 2.85. The molecule has 2 N–H and O–H groups in total. The number of rotatable bonds is 8. The lowest BCUT2D eigenvalue weighted by atomic mass is 10.1. The second-order valence-electron chi connectivity index (χ2n) is 6.72.